The standard InChI is InChI=1S/C17H23N5OS/c1-13(14-2-4-19-5-3-14)21-6-8-22(9-7-21)17(23)10-15-12-24-16(11-18)20-15/h2-5,12-13H,6-11,18H2,1H3. The molecule has 1 amide bonds. The molecule has 0 bridgehead atoms. The number of thiazole rings is 1. The van der Waals surface area contributed by atoms with E-state index in [0.29, 0.717) is 19.0 Å². The summed E-state index contributed by atoms with van der Waals surface area (Å²) in [6.07, 6.45) is 4.03. The van der Waals surface area contributed by atoms with Gasteiger partial charge in [0.25, 0.3) is 0 Å². The topological polar surface area (TPSA) is 75.4 Å². The molecule has 24 heavy (non-hydrogen) atoms. The van der Waals surface area contributed by atoms with Gasteiger partial charge in [0.05, 0.1) is 12.1 Å². The molecule has 1 aliphatic rings. The number of rotatable bonds is 5. The number of carbonyl (C=O) groups is 1. The van der Waals surface area contributed by atoms with Gasteiger partial charge in [0.1, 0.15) is 5.01 Å². The predicted octanol–water partition coefficient (Wildman–Crippen LogP) is 1.44. The fourth-order valence-corrected chi connectivity index (χ4v) is 3.68. The largest absolute Gasteiger partial charge is 0.340 e. The molecule has 0 radical (unpaired) electrons. The molecule has 3 heterocycles. The van der Waals surface area contributed by atoms with E-state index >= 15 is 0 Å². The van der Waals surface area contributed by atoms with Crippen LogP contribution in [-0.4, -0.2) is 51.9 Å². The number of carbonyl (C=O) groups excluding carboxylic acids is 1. The second-order valence-corrected chi connectivity index (χ2v) is 6.93. The molecular weight excluding hydrogens is 322 g/mol. The van der Waals surface area contributed by atoms with Crippen molar-refractivity contribution in [2.75, 3.05) is 26.2 Å². The Hall–Kier alpha value is -1.83. The van der Waals surface area contributed by atoms with Crippen molar-refractivity contribution >= 4 is 17.2 Å². The maximum absolute atomic E-state index is 12.4. The minimum Gasteiger partial charge on any atom is -0.340 e. The third-order valence-corrected chi connectivity index (χ3v) is 5.43. The average molecular weight is 345 g/mol. The second kappa shape index (κ2) is 7.83. The maximum Gasteiger partial charge on any atom is 0.228 e. The van der Waals surface area contributed by atoms with Gasteiger partial charge in [0, 0.05) is 56.5 Å². The van der Waals surface area contributed by atoms with Crippen LogP contribution in [0.2, 0.25) is 0 Å². The van der Waals surface area contributed by atoms with Gasteiger partial charge in [0.2, 0.25) is 5.91 Å². The summed E-state index contributed by atoms with van der Waals surface area (Å²) in [5.74, 6) is 0.153. The summed E-state index contributed by atoms with van der Waals surface area (Å²) in [5.41, 5.74) is 7.67. The van der Waals surface area contributed by atoms with Crippen molar-refractivity contribution in [3.8, 4) is 0 Å². The number of nitrogens with zero attached hydrogens (tertiary/aromatic N) is 4. The summed E-state index contributed by atoms with van der Waals surface area (Å²) >= 11 is 1.52. The summed E-state index contributed by atoms with van der Waals surface area (Å²) in [6, 6.07) is 4.45. The maximum atomic E-state index is 12.4. The highest BCUT2D eigenvalue weighted by Gasteiger charge is 2.25. The summed E-state index contributed by atoms with van der Waals surface area (Å²) in [5, 5.41) is 2.82. The van der Waals surface area contributed by atoms with Gasteiger partial charge in [-0.3, -0.25) is 14.7 Å². The third-order valence-electron chi connectivity index (χ3n) is 4.51. The molecule has 6 nitrogen and oxygen atoms in total. The van der Waals surface area contributed by atoms with E-state index in [1.165, 1.54) is 16.9 Å². The smallest absolute Gasteiger partial charge is 0.228 e. The summed E-state index contributed by atoms with van der Waals surface area (Å²) in [7, 11) is 0. The van der Waals surface area contributed by atoms with Gasteiger partial charge >= 0.3 is 0 Å². The first kappa shape index (κ1) is 17.0. The van der Waals surface area contributed by atoms with Crippen LogP contribution in [0.15, 0.2) is 29.9 Å². The third kappa shape index (κ3) is 3.98. The molecule has 0 saturated carbocycles. The summed E-state index contributed by atoms with van der Waals surface area (Å²) < 4.78 is 0. The number of amides is 1. The highest BCUT2D eigenvalue weighted by atomic mass is 32.1. The second-order valence-electron chi connectivity index (χ2n) is 5.99. The Bertz CT molecular complexity index is 667. The van der Waals surface area contributed by atoms with Crippen LogP contribution in [0, 0.1) is 0 Å². The zero-order valence-corrected chi connectivity index (χ0v) is 14.7. The fourth-order valence-electron chi connectivity index (χ4n) is 3.00. The van der Waals surface area contributed by atoms with Gasteiger partial charge in [-0.1, -0.05) is 0 Å². The van der Waals surface area contributed by atoms with Gasteiger partial charge in [-0.25, -0.2) is 4.98 Å². The van der Waals surface area contributed by atoms with E-state index in [1.54, 1.807) is 0 Å². The predicted molar refractivity (Wildman–Crippen MR) is 94.5 cm³/mol. The van der Waals surface area contributed by atoms with Crippen molar-refractivity contribution in [1.29, 1.82) is 0 Å². The lowest BCUT2D eigenvalue weighted by Crippen LogP contribution is -2.49. The van der Waals surface area contributed by atoms with Crippen LogP contribution in [0.5, 0.6) is 0 Å². The van der Waals surface area contributed by atoms with E-state index in [9.17, 15) is 4.79 Å². The van der Waals surface area contributed by atoms with Crippen LogP contribution in [0.3, 0.4) is 0 Å². The van der Waals surface area contributed by atoms with Crippen LogP contribution in [0.4, 0.5) is 0 Å². The molecule has 0 aliphatic carbocycles. The number of piperazine rings is 1. The van der Waals surface area contributed by atoms with E-state index in [-0.39, 0.29) is 5.91 Å². The lowest BCUT2D eigenvalue weighted by molar-refractivity contribution is -0.132. The van der Waals surface area contributed by atoms with Gasteiger partial charge in [-0.15, -0.1) is 11.3 Å². The molecule has 0 spiro atoms. The molecule has 0 aromatic carbocycles. The molecule has 7 heteroatoms. The normalized spacial score (nSPS) is 17.0. The molecule has 3 rings (SSSR count). The van der Waals surface area contributed by atoms with Gasteiger partial charge < -0.3 is 10.6 Å². The Balaban J connectivity index is 1.52. The lowest BCUT2D eigenvalue weighted by atomic mass is 10.1. The van der Waals surface area contributed by atoms with E-state index in [1.807, 2.05) is 22.7 Å². The van der Waals surface area contributed by atoms with E-state index in [4.69, 9.17) is 5.73 Å². The minimum atomic E-state index is 0.153. The van der Waals surface area contributed by atoms with Gasteiger partial charge in [0.15, 0.2) is 0 Å². The molecule has 1 fully saturated rings. The summed E-state index contributed by atoms with van der Waals surface area (Å²) in [6.45, 7) is 5.95. The Morgan fingerprint density at radius 2 is 2.00 bits per heavy atom. The zero-order chi connectivity index (χ0) is 16.9. The van der Waals surface area contributed by atoms with E-state index in [0.717, 1.165) is 36.9 Å². The lowest BCUT2D eigenvalue weighted by Gasteiger charge is -2.38. The number of pyridine rings is 1. The molecule has 1 aliphatic heterocycles. The van der Waals surface area contributed by atoms with E-state index in [2.05, 4.69) is 33.9 Å². The Kier molecular flexibility index (Phi) is 5.55. The molecule has 1 unspecified atom stereocenters. The van der Waals surface area contributed by atoms with Crippen molar-refractivity contribution < 1.29 is 4.79 Å². The van der Waals surface area contributed by atoms with Gasteiger partial charge in [-0.05, 0) is 24.6 Å². The highest BCUT2D eigenvalue weighted by molar-refractivity contribution is 7.09. The van der Waals surface area contributed by atoms with E-state index < -0.39 is 0 Å². The molecular formula is C17H23N5OS. The summed E-state index contributed by atoms with van der Waals surface area (Å²) in [4.78, 5) is 25.2. The van der Waals surface area contributed by atoms with Crippen LogP contribution >= 0.6 is 11.3 Å². The molecule has 128 valence electrons. The number of hydrogen-bond donors (Lipinski definition) is 1. The minimum absolute atomic E-state index is 0.153. The van der Waals surface area contributed by atoms with Crippen molar-refractivity contribution in [2.24, 2.45) is 5.73 Å². The van der Waals surface area contributed by atoms with Crippen LogP contribution < -0.4 is 5.73 Å². The first-order valence-electron chi connectivity index (χ1n) is 8.22. The molecule has 2 aromatic heterocycles. The molecule has 1 atom stereocenters. The average Bonchev–Trinajstić information content (AvgIpc) is 3.09. The highest BCUT2D eigenvalue weighted by Crippen LogP contribution is 2.21. The Morgan fingerprint density at radius 1 is 1.29 bits per heavy atom. The molecule has 2 N–H and O–H groups in total. The number of hydrogen-bond acceptors (Lipinski definition) is 6. The SMILES string of the molecule is CC(c1ccncc1)N1CCN(C(=O)Cc2csc(CN)n2)CC1. The zero-order valence-electron chi connectivity index (χ0n) is 13.9. The van der Waals surface area contributed by atoms with Crippen LogP contribution in [0.25, 0.3) is 0 Å². The molecule has 2 aromatic rings. The molecule has 1 saturated heterocycles. The number of nitrogens with two attached hydrogens (primary N) is 1. The first-order chi connectivity index (χ1) is 11.7. The van der Waals surface area contributed by atoms with Crippen molar-refractivity contribution in [1.82, 2.24) is 19.8 Å². The first-order valence-corrected chi connectivity index (χ1v) is 9.10. The quantitative estimate of drug-likeness (QED) is 0.887. The van der Waals surface area contributed by atoms with Crippen molar-refractivity contribution in [2.45, 2.75) is 25.9 Å². The van der Waals surface area contributed by atoms with Crippen molar-refractivity contribution in [3.63, 3.8) is 0 Å². The Morgan fingerprint density at radius 3 is 2.62 bits per heavy atom. The van der Waals surface area contributed by atoms with Crippen LogP contribution in [0.1, 0.15) is 29.2 Å². The van der Waals surface area contributed by atoms with Crippen LogP contribution in [-0.2, 0) is 17.8 Å². The van der Waals surface area contributed by atoms with Crippen molar-refractivity contribution in [3.05, 3.63) is 46.2 Å². The number of aromatic nitrogens is 2. The van der Waals surface area contributed by atoms with Gasteiger partial charge in [-0.2, -0.15) is 0 Å². The fraction of sp³-hybridized carbons (Fsp3) is 0.471. The monoisotopic (exact) mass is 345 g/mol. The Labute approximate surface area is 146 Å².